The van der Waals surface area contributed by atoms with Gasteiger partial charge in [-0.3, -0.25) is 4.98 Å². The van der Waals surface area contributed by atoms with Crippen LogP contribution in [0.25, 0.3) is 0 Å². The second-order valence-electron chi connectivity index (χ2n) is 5.77. The van der Waals surface area contributed by atoms with Crippen LogP contribution in [0.1, 0.15) is 56.9 Å². The maximum absolute atomic E-state index is 4.60. The van der Waals surface area contributed by atoms with E-state index in [1.165, 1.54) is 11.1 Å². The molecule has 100 valence electrons. The maximum Gasteiger partial charge on any atom is 0.0506 e. The fourth-order valence-corrected chi connectivity index (χ4v) is 2.33. The van der Waals surface area contributed by atoms with Gasteiger partial charge in [-0.05, 0) is 35.6 Å². The molecule has 19 heavy (non-hydrogen) atoms. The molecular weight excluding hydrogens is 230 g/mol. The average molecular weight is 253 g/mol. The molecule has 1 aromatic carbocycles. The summed E-state index contributed by atoms with van der Waals surface area (Å²) in [5.74, 6) is 0.591. The van der Waals surface area contributed by atoms with Gasteiger partial charge in [0, 0.05) is 11.6 Å². The zero-order valence-electron chi connectivity index (χ0n) is 12.4. The van der Waals surface area contributed by atoms with E-state index in [4.69, 9.17) is 0 Å². The van der Waals surface area contributed by atoms with Gasteiger partial charge in [-0.1, -0.05) is 58.0 Å². The highest BCUT2D eigenvalue weighted by Crippen LogP contribution is 2.31. The molecule has 0 aliphatic rings. The van der Waals surface area contributed by atoms with E-state index in [0.717, 1.165) is 12.1 Å². The molecule has 2 aromatic rings. The first kappa shape index (κ1) is 13.8. The monoisotopic (exact) mass is 253 g/mol. The van der Waals surface area contributed by atoms with E-state index < -0.39 is 0 Å². The van der Waals surface area contributed by atoms with Crippen molar-refractivity contribution in [2.45, 2.75) is 45.4 Å². The Kier molecular flexibility index (Phi) is 4.04. The van der Waals surface area contributed by atoms with Gasteiger partial charge in [0.05, 0.1) is 5.69 Å². The van der Waals surface area contributed by atoms with E-state index in [-0.39, 0.29) is 5.41 Å². The lowest BCUT2D eigenvalue weighted by Gasteiger charge is -2.25. The quantitative estimate of drug-likeness (QED) is 0.753. The summed E-state index contributed by atoms with van der Waals surface area (Å²) in [5, 5.41) is 0. The first-order chi connectivity index (χ1) is 9.05. The standard InChI is InChI=1S/C18H23N/c1-5-14(2)15-11-12-19-17(13-15)18(3,4)16-9-7-6-8-10-16/h6-14H,5H2,1-4H3. The lowest BCUT2D eigenvalue weighted by atomic mass is 9.80. The SMILES string of the molecule is CCC(C)c1ccnc(C(C)(C)c2ccccc2)c1. The Morgan fingerprint density at radius 1 is 1.11 bits per heavy atom. The molecule has 0 N–H and O–H groups in total. The van der Waals surface area contributed by atoms with Crippen molar-refractivity contribution in [1.29, 1.82) is 0 Å². The molecule has 1 nitrogen and oxygen atoms in total. The van der Waals surface area contributed by atoms with Crippen LogP contribution in [0.15, 0.2) is 48.7 Å². The fourth-order valence-electron chi connectivity index (χ4n) is 2.33. The Balaban J connectivity index is 2.41. The molecule has 0 saturated carbocycles. The number of nitrogens with zero attached hydrogens (tertiary/aromatic N) is 1. The zero-order valence-corrected chi connectivity index (χ0v) is 12.4. The van der Waals surface area contributed by atoms with E-state index >= 15 is 0 Å². The molecule has 1 atom stereocenters. The van der Waals surface area contributed by atoms with Crippen LogP contribution in [0.2, 0.25) is 0 Å². The number of hydrogen-bond donors (Lipinski definition) is 0. The van der Waals surface area contributed by atoms with Gasteiger partial charge in [-0.2, -0.15) is 0 Å². The predicted octanol–water partition coefficient (Wildman–Crippen LogP) is 4.92. The Hall–Kier alpha value is -1.63. The van der Waals surface area contributed by atoms with Crippen LogP contribution in [0.4, 0.5) is 0 Å². The Morgan fingerprint density at radius 2 is 1.79 bits per heavy atom. The lowest BCUT2D eigenvalue weighted by molar-refractivity contribution is 0.611. The normalized spacial score (nSPS) is 13.3. The molecular formula is C18H23N. The van der Waals surface area contributed by atoms with E-state index in [0.29, 0.717) is 5.92 Å². The fraction of sp³-hybridized carbons (Fsp3) is 0.389. The molecule has 1 aromatic heterocycles. The van der Waals surface area contributed by atoms with E-state index in [2.05, 4.69) is 75.1 Å². The minimum absolute atomic E-state index is 0.0509. The van der Waals surface area contributed by atoms with Crippen molar-refractivity contribution in [3.8, 4) is 0 Å². The van der Waals surface area contributed by atoms with E-state index in [1.807, 2.05) is 6.20 Å². The van der Waals surface area contributed by atoms with Crippen LogP contribution < -0.4 is 0 Å². The van der Waals surface area contributed by atoms with Crippen molar-refractivity contribution >= 4 is 0 Å². The van der Waals surface area contributed by atoms with Crippen molar-refractivity contribution in [2.75, 3.05) is 0 Å². The van der Waals surface area contributed by atoms with E-state index in [9.17, 15) is 0 Å². The van der Waals surface area contributed by atoms with Gasteiger partial charge in [0.1, 0.15) is 0 Å². The van der Waals surface area contributed by atoms with Gasteiger partial charge in [-0.25, -0.2) is 0 Å². The molecule has 0 aliphatic carbocycles. The average Bonchev–Trinajstić information content (AvgIpc) is 2.47. The third-order valence-electron chi connectivity index (χ3n) is 4.10. The molecule has 0 bridgehead atoms. The largest absolute Gasteiger partial charge is 0.260 e. The number of aromatic nitrogens is 1. The van der Waals surface area contributed by atoms with Crippen molar-refractivity contribution in [2.24, 2.45) is 0 Å². The van der Waals surface area contributed by atoms with Gasteiger partial charge in [-0.15, -0.1) is 0 Å². The minimum Gasteiger partial charge on any atom is -0.260 e. The summed E-state index contributed by atoms with van der Waals surface area (Å²) < 4.78 is 0. The van der Waals surface area contributed by atoms with Crippen molar-refractivity contribution < 1.29 is 0 Å². The minimum atomic E-state index is -0.0509. The zero-order chi connectivity index (χ0) is 13.9. The van der Waals surface area contributed by atoms with Gasteiger partial charge < -0.3 is 0 Å². The summed E-state index contributed by atoms with van der Waals surface area (Å²) in [4.78, 5) is 4.60. The first-order valence-corrected chi connectivity index (χ1v) is 7.07. The molecule has 2 rings (SSSR count). The molecule has 0 fully saturated rings. The number of pyridine rings is 1. The highest BCUT2D eigenvalue weighted by Gasteiger charge is 2.24. The van der Waals surface area contributed by atoms with Crippen LogP contribution in [0, 0.1) is 0 Å². The van der Waals surface area contributed by atoms with Crippen LogP contribution in [0.3, 0.4) is 0 Å². The first-order valence-electron chi connectivity index (χ1n) is 7.07. The van der Waals surface area contributed by atoms with Gasteiger partial charge in [0.25, 0.3) is 0 Å². The maximum atomic E-state index is 4.60. The lowest BCUT2D eigenvalue weighted by Crippen LogP contribution is -2.20. The third kappa shape index (κ3) is 2.86. The summed E-state index contributed by atoms with van der Waals surface area (Å²) >= 11 is 0. The summed E-state index contributed by atoms with van der Waals surface area (Å²) in [6.07, 6.45) is 3.11. The van der Waals surface area contributed by atoms with Crippen molar-refractivity contribution in [3.63, 3.8) is 0 Å². The Labute approximate surface area is 116 Å². The van der Waals surface area contributed by atoms with Gasteiger partial charge >= 0.3 is 0 Å². The molecule has 0 saturated heterocycles. The molecule has 1 heterocycles. The molecule has 0 spiro atoms. The summed E-state index contributed by atoms with van der Waals surface area (Å²) in [6, 6.07) is 15.0. The summed E-state index contributed by atoms with van der Waals surface area (Å²) in [6.45, 7) is 8.98. The summed E-state index contributed by atoms with van der Waals surface area (Å²) in [7, 11) is 0. The topological polar surface area (TPSA) is 12.9 Å². The molecule has 1 heteroatoms. The number of rotatable bonds is 4. The van der Waals surface area contributed by atoms with Crippen molar-refractivity contribution in [1.82, 2.24) is 4.98 Å². The van der Waals surface area contributed by atoms with Gasteiger partial charge in [0.15, 0.2) is 0 Å². The second-order valence-corrected chi connectivity index (χ2v) is 5.77. The van der Waals surface area contributed by atoms with Crippen LogP contribution in [0.5, 0.6) is 0 Å². The number of benzene rings is 1. The second kappa shape index (κ2) is 5.56. The third-order valence-corrected chi connectivity index (χ3v) is 4.10. The smallest absolute Gasteiger partial charge is 0.0506 e. The summed E-state index contributed by atoms with van der Waals surface area (Å²) in [5.41, 5.74) is 3.79. The highest BCUT2D eigenvalue weighted by atomic mass is 14.7. The van der Waals surface area contributed by atoms with Crippen molar-refractivity contribution in [3.05, 3.63) is 65.5 Å². The van der Waals surface area contributed by atoms with E-state index in [1.54, 1.807) is 0 Å². The van der Waals surface area contributed by atoms with Gasteiger partial charge in [0.2, 0.25) is 0 Å². The predicted molar refractivity (Wildman–Crippen MR) is 81.5 cm³/mol. The molecule has 0 aliphatic heterocycles. The Bertz CT molecular complexity index is 528. The Morgan fingerprint density at radius 3 is 2.42 bits per heavy atom. The van der Waals surface area contributed by atoms with Crippen LogP contribution in [-0.4, -0.2) is 4.98 Å². The van der Waals surface area contributed by atoms with Crippen LogP contribution in [-0.2, 0) is 5.41 Å². The molecule has 1 unspecified atom stereocenters. The molecule has 0 radical (unpaired) electrons. The molecule has 0 amide bonds. The highest BCUT2D eigenvalue weighted by molar-refractivity contribution is 5.35. The van der Waals surface area contributed by atoms with Crippen LogP contribution >= 0.6 is 0 Å². The number of hydrogen-bond acceptors (Lipinski definition) is 1.